The summed E-state index contributed by atoms with van der Waals surface area (Å²) >= 11 is 1.82. The number of piperazine rings is 1. The van der Waals surface area contributed by atoms with Crippen LogP contribution < -0.4 is 10.2 Å². The van der Waals surface area contributed by atoms with Gasteiger partial charge in [0.15, 0.2) is 5.96 Å². The second-order valence-corrected chi connectivity index (χ2v) is 8.25. The van der Waals surface area contributed by atoms with Gasteiger partial charge in [-0.15, -0.1) is 35.3 Å². The van der Waals surface area contributed by atoms with Crippen molar-refractivity contribution in [3.8, 4) is 0 Å². The summed E-state index contributed by atoms with van der Waals surface area (Å²) in [6, 6.07) is 7.06. The first-order valence-electron chi connectivity index (χ1n) is 10.2. The van der Waals surface area contributed by atoms with Crippen molar-refractivity contribution in [2.24, 2.45) is 4.99 Å². The van der Waals surface area contributed by atoms with E-state index in [9.17, 15) is 0 Å². The van der Waals surface area contributed by atoms with Crippen molar-refractivity contribution in [2.75, 3.05) is 37.6 Å². The first-order valence-corrected chi connectivity index (χ1v) is 11.1. The van der Waals surface area contributed by atoms with Crippen molar-refractivity contribution in [2.45, 2.75) is 45.2 Å². The molecule has 0 spiro atoms. The Balaban J connectivity index is 0.00000225. The summed E-state index contributed by atoms with van der Waals surface area (Å²) in [7, 11) is 0. The summed E-state index contributed by atoms with van der Waals surface area (Å²) in [6.45, 7) is 7.75. The number of nitrogens with one attached hydrogen (secondary N) is 1. The maximum atomic E-state index is 4.87. The number of hydrogen-bond donors (Lipinski definition) is 1. The zero-order chi connectivity index (χ0) is 18.5. The third kappa shape index (κ3) is 5.20. The van der Waals surface area contributed by atoms with Gasteiger partial charge in [-0.1, -0.05) is 12.8 Å². The quantitative estimate of drug-likeness (QED) is 0.373. The summed E-state index contributed by atoms with van der Waals surface area (Å²) in [4.78, 5) is 9.72. The largest absolute Gasteiger partial charge is 0.360 e. The van der Waals surface area contributed by atoms with Gasteiger partial charge in [0.1, 0.15) is 0 Å². The smallest absolute Gasteiger partial charge is 0.194 e. The normalized spacial score (nSPS) is 18.4. The molecule has 2 aromatic rings. The molecule has 6 nitrogen and oxygen atoms in total. The zero-order valence-corrected chi connectivity index (χ0v) is 19.7. The fraction of sp³-hybridized carbons (Fsp3) is 0.600. The lowest BCUT2D eigenvalue weighted by molar-refractivity contribution is 0.373. The average molecular weight is 514 g/mol. The van der Waals surface area contributed by atoms with Crippen molar-refractivity contribution < 1.29 is 0 Å². The van der Waals surface area contributed by atoms with Crippen molar-refractivity contribution in [1.29, 1.82) is 0 Å². The molecule has 8 heteroatoms. The van der Waals surface area contributed by atoms with Gasteiger partial charge in [0.25, 0.3) is 0 Å². The highest BCUT2D eigenvalue weighted by molar-refractivity contribution is 14.0. The van der Waals surface area contributed by atoms with Crippen LogP contribution in [0.2, 0.25) is 0 Å². The molecule has 2 fully saturated rings. The van der Waals surface area contributed by atoms with Crippen LogP contribution in [0.3, 0.4) is 0 Å². The van der Waals surface area contributed by atoms with Gasteiger partial charge in [0.05, 0.1) is 23.3 Å². The standard InChI is InChI=1S/C20H30N6S.HI/c1-2-21-20(25-13-11-24(12-14-25)19-8-5-15-27-19)22-16-17-9-10-26(23-17)18-6-3-4-7-18;/h5,8-10,15,18H,2-4,6-7,11-14,16H2,1H3,(H,21,22);1H. The van der Waals surface area contributed by atoms with Gasteiger partial charge in [-0.25, -0.2) is 4.99 Å². The Hall–Kier alpha value is -1.29. The molecule has 1 N–H and O–H groups in total. The fourth-order valence-corrected chi connectivity index (χ4v) is 4.79. The lowest BCUT2D eigenvalue weighted by atomic mass is 10.3. The van der Waals surface area contributed by atoms with Gasteiger partial charge in [-0.2, -0.15) is 5.10 Å². The summed E-state index contributed by atoms with van der Waals surface area (Å²) < 4.78 is 2.16. The minimum atomic E-state index is 0. The summed E-state index contributed by atoms with van der Waals surface area (Å²) in [6.07, 6.45) is 7.33. The monoisotopic (exact) mass is 514 g/mol. The number of thiophene rings is 1. The van der Waals surface area contributed by atoms with Crippen LogP contribution >= 0.6 is 35.3 Å². The highest BCUT2D eigenvalue weighted by Gasteiger charge is 2.21. The van der Waals surface area contributed by atoms with Gasteiger partial charge in [0.2, 0.25) is 0 Å². The van der Waals surface area contributed by atoms with E-state index in [4.69, 9.17) is 10.1 Å². The van der Waals surface area contributed by atoms with Crippen LogP contribution in [0.5, 0.6) is 0 Å². The van der Waals surface area contributed by atoms with Crippen molar-refractivity contribution in [3.05, 3.63) is 35.5 Å². The van der Waals surface area contributed by atoms with Gasteiger partial charge in [-0.05, 0) is 43.3 Å². The van der Waals surface area contributed by atoms with Crippen LogP contribution in [0.15, 0.2) is 34.8 Å². The Morgan fingerprint density at radius 1 is 1.21 bits per heavy atom. The number of aliphatic imine (C=N–C) groups is 1. The number of rotatable bonds is 5. The molecule has 3 heterocycles. The number of nitrogens with zero attached hydrogens (tertiary/aromatic N) is 5. The second kappa shape index (κ2) is 10.5. The Kier molecular flexibility index (Phi) is 8.01. The summed E-state index contributed by atoms with van der Waals surface area (Å²) in [5.41, 5.74) is 1.06. The number of hydrogen-bond acceptors (Lipinski definition) is 4. The Labute approximate surface area is 189 Å². The molecule has 0 radical (unpaired) electrons. The predicted octanol–water partition coefficient (Wildman–Crippen LogP) is 3.97. The fourth-order valence-electron chi connectivity index (χ4n) is 4.00. The van der Waals surface area contributed by atoms with Gasteiger partial charge in [0, 0.05) is 38.9 Å². The molecule has 1 saturated heterocycles. The second-order valence-electron chi connectivity index (χ2n) is 7.32. The molecule has 0 aromatic carbocycles. The lowest BCUT2D eigenvalue weighted by Crippen LogP contribution is -2.52. The van der Waals surface area contributed by atoms with E-state index >= 15 is 0 Å². The Morgan fingerprint density at radius 2 is 2.00 bits per heavy atom. The minimum Gasteiger partial charge on any atom is -0.360 e. The highest BCUT2D eigenvalue weighted by atomic mass is 127. The molecule has 0 unspecified atom stereocenters. The van der Waals surface area contributed by atoms with Crippen LogP contribution in [0.1, 0.15) is 44.3 Å². The summed E-state index contributed by atoms with van der Waals surface area (Å²) in [5.74, 6) is 1.01. The van der Waals surface area contributed by atoms with E-state index in [0.29, 0.717) is 12.6 Å². The Bertz CT molecular complexity index is 730. The van der Waals surface area contributed by atoms with E-state index in [1.165, 1.54) is 30.7 Å². The molecule has 0 bridgehead atoms. The predicted molar refractivity (Wildman–Crippen MR) is 128 cm³/mol. The SMILES string of the molecule is CCNC(=NCc1ccn(C2CCCC2)n1)N1CCN(c2cccs2)CC1.I. The number of guanidine groups is 1. The highest BCUT2D eigenvalue weighted by Crippen LogP contribution is 2.28. The van der Waals surface area contributed by atoms with E-state index in [0.717, 1.165) is 44.4 Å². The molecule has 0 amide bonds. The van der Waals surface area contributed by atoms with Crippen LogP contribution in [-0.2, 0) is 6.54 Å². The third-order valence-electron chi connectivity index (χ3n) is 5.49. The van der Waals surface area contributed by atoms with E-state index in [2.05, 4.69) is 56.5 Å². The minimum absolute atomic E-state index is 0. The maximum absolute atomic E-state index is 4.87. The van der Waals surface area contributed by atoms with Gasteiger partial charge >= 0.3 is 0 Å². The van der Waals surface area contributed by atoms with Crippen molar-refractivity contribution in [3.63, 3.8) is 0 Å². The lowest BCUT2D eigenvalue weighted by Gasteiger charge is -2.37. The van der Waals surface area contributed by atoms with E-state index < -0.39 is 0 Å². The molecule has 4 rings (SSSR count). The van der Waals surface area contributed by atoms with Gasteiger partial charge < -0.3 is 15.1 Å². The van der Waals surface area contributed by atoms with Crippen molar-refractivity contribution >= 4 is 46.3 Å². The van der Waals surface area contributed by atoms with Gasteiger partial charge in [-0.3, -0.25) is 4.68 Å². The topological polar surface area (TPSA) is 48.7 Å². The van der Waals surface area contributed by atoms with Crippen LogP contribution in [0, 0.1) is 0 Å². The maximum Gasteiger partial charge on any atom is 0.194 e. The van der Waals surface area contributed by atoms with E-state index in [-0.39, 0.29) is 24.0 Å². The third-order valence-corrected chi connectivity index (χ3v) is 6.41. The van der Waals surface area contributed by atoms with Crippen LogP contribution in [-0.4, -0.2) is 53.4 Å². The molecular weight excluding hydrogens is 483 g/mol. The molecule has 0 atom stereocenters. The first kappa shape index (κ1) is 21.4. The van der Waals surface area contributed by atoms with E-state index in [1.54, 1.807) is 0 Å². The molecule has 1 aliphatic heterocycles. The Morgan fingerprint density at radius 3 is 2.68 bits per heavy atom. The van der Waals surface area contributed by atoms with Crippen LogP contribution in [0.25, 0.3) is 0 Å². The number of aromatic nitrogens is 2. The molecule has 28 heavy (non-hydrogen) atoms. The number of anilines is 1. The molecule has 1 aliphatic carbocycles. The zero-order valence-electron chi connectivity index (χ0n) is 16.6. The molecule has 2 aliphatic rings. The first-order chi connectivity index (χ1) is 13.3. The van der Waals surface area contributed by atoms with Crippen LogP contribution in [0.4, 0.5) is 5.00 Å². The molecule has 154 valence electrons. The van der Waals surface area contributed by atoms with Crippen molar-refractivity contribution in [1.82, 2.24) is 20.0 Å². The molecule has 2 aromatic heterocycles. The average Bonchev–Trinajstić information content (AvgIpc) is 3.47. The molecule has 1 saturated carbocycles. The van der Waals surface area contributed by atoms with E-state index in [1.807, 2.05) is 11.3 Å². The number of halogens is 1. The molecular formula is C20H31IN6S. The summed E-state index contributed by atoms with van der Waals surface area (Å²) in [5, 5.41) is 11.8.